The lowest BCUT2D eigenvalue weighted by Gasteiger charge is -2.00. The number of pyridine rings is 1. The summed E-state index contributed by atoms with van der Waals surface area (Å²) in [5.41, 5.74) is 0.305. The van der Waals surface area contributed by atoms with E-state index >= 15 is 0 Å². The molecule has 0 unspecified atom stereocenters. The quantitative estimate of drug-likeness (QED) is 0.601. The van der Waals surface area contributed by atoms with Gasteiger partial charge in [-0.15, -0.1) is 11.8 Å². The molecular formula is C10H13NO2S. The highest BCUT2D eigenvalue weighted by Gasteiger charge is 2.03. The Morgan fingerprint density at radius 2 is 2.43 bits per heavy atom. The SMILES string of the molecule is CCCCSc1cc(C(=O)O)ccn1. The first-order valence-electron chi connectivity index (χ1n) is 4.56. The normalized spacial score (nSPS) is 10.1. The van der Waals surface area contributed by atoms with Gasteiger partial charge in [-0.25, -0.2) is 9.78 Å². The van der Waals surface area contributed by atoms with E-state index in [0.29, 0.717) is 5.56 Å². The molecule has 0 aromatic carbocycles. The lowest BCUT2D eigenvalue weighted by atomic mass is 10.3. The fraction of sp³-hybridized carbons (Fsp3) is 0.400. The van der Waals surface area contributed by atoms with Crippen LogP contribution in [-0.2, 0) is 0 Å². The third-order valence-electron chi connectivity index (χ3n) is 1.73. The van der Waals surface area contributed by atoms with Crippen molar-refractivity contribution in [2.75, 3.05) is 5.75 Å². The average Bonchev–Trinajstić information content (AvgIpc) is 2.19. The van der Waals surface area contributed by atoms with Crippen LogP contribution >= 0.6 is 11.8 Å². The highest BCUT2D eigenvalue weighted by atomic mass is 32.2. The summed E-state index contributed by atoms with van der Waals surface area (Å²) < 4.78 is 0. The fourth-order valence-electron chi connectivity index (χ4n) is 0.942. The largest absolute Gasteiger partial charge is 0.478 e. The maximum atomic E-state index is 10.6. The number of carboxylic acids is 1. The molecule has 0 bridgehead atoms. The molecule has 0 spiro atoms. The Bertz CT molecular complexity index is 315. The van der Waals surface area contributed by atoms with Crippen molar-refractivity contribution in [3.63, 3.8) is 0 Å². The zero-order valence-corrected chi connectivity index (χ0v) is 8.88. The van der Waals surface area contributed by atoms with Gasteiger partial charge in [0.15, 0.2) is 0 Å². The Morgan fingerprint density at radius 3 is 3.07 bits per heavy atom. The lowest BCUT2D eigenvalue weighted by Crippen LogP contribution is -1.96. The van der Waals surface area contributed by atoms with E-state index in [1.807, 2.05) is 0 Å². The van der Waals surface area contributed by atoms with E-state index in [1.54, 1.807) is 17.8 Å². The van der Waals surface area contributed by atoms with Gasteiger partial charge in [0.2, 0.25) is 0 Å². The first kappa shape index (κ1) is 11.0. The molecule has 0 aliphatic carbocycles. The molecule has 1 aromatic heterocycles. The molecule has 0 atom stereocenters. The van der Waals surface area contributed by atoms with Crippen molar-refractivity contribution >= 4 is 17.7 Å². The molecule has 1 aromatic rings. The number of aromatic nitrogens is 1. The molecule has 1 rings (SSSR count). The van der Waals surface area contributed by atoms with E-state index in [0.717, 1.165) is 23.6 Å². The van der Waals surface area contributed by atoms with E-state index in [1.165, 1.54) is 12.3 Å². The maximum absolute atomic E-state index is 10.6. The average molecular weight is 211 g/mol. The summed E-state index contributed by atoms with van der Waals surface area (Å²) in [4.78, 5) is 14.7. The predicted molar refractivity (Wildman–Crippen MR) is 56.8 cm³/mol. The van der Waals surface area contributed by atoms with Crippen LogP contribution < -0.4 is 0 Å². The number of carbonyl (C=O) groups is 1. The second kappa shape index (κ2) is 5.65. The van der Waals surface area contributed by atoms with Crippen LogP contribution in [0.1, 0.15) is 30.1 Å². The van der Waals surface area contributed by atoms with E-state index in [4.69, 9.17) is 5.11 Å². The monoisotopic (exact) mass is 211 g/mol. The molecule has 0 fully saturated rings. The third-order valence-corrected chi connectivity index (χ3v) is 2.74. The standard InChI is InChI=1S/C10H13NO2S/c1-2-3-6-14-9-7-8(10(12)13)4-5-11-9/h4-5,7H,2-3,6H2,1H3,(H,12,13). The molecule has 0 saturated carbocycles. The number of nitrogens with zero attached hydrogens (tertiary/aromatic N) is 1. The number of aromatic carboxylic acids is 1. The van der Waals surface area contributed by atoms with Crippen LogP contribution in [0.5, 0.6) is 0 Å². The minimum absolute atomic E-state index is 0.305. The molecule has 0 radical (unpaired) electrons. The molecule has 1 N–H and O–H groups in total. The van der Waals surface area contributed by atoms with Crippen molar-refractivity contribution in [3.05, 3.63) is 23.9 Å². The summed E-state index contributed by atoms with van der Waals surface area (Å²) in [5.74, 6) is 0.0942. The van der Waals surface area contributed by atoms with Crippen molar-refractivity contribution < 1.29 is 9.90 Å². The summed E-state index contributed by atoms with van der Waals surface area (Å²) in [7, 11) is 0. The van der Waals surface area contributed by atoms with Gasteiger partial charge in [-0.05, 0) is 24.3 Å². The smallest absolute Gasteiger partial charge is 0.335 e. The number of hydrogen-bond acceptors (Lipinski definition) is 3. The van der Waals surface area contributed by atoms with E-state index in [9.17, 15) is 4.79 Å². The highest BCUT2D eigenvalue weighted by Crippen LogP contribution is 2.17. The second-order valence-electron chi connectivity index (χ2n) is 2.89. The Kier molecular flexibility index (Phi) is 4.46. The van der Waals surface area contributed by atoms with Crippen LogP contribution in [0.3, 0.4) is 0 Å². The minimum atomic E-state index is -0.898. The molecular weight excluding hydrogens is 198 g/mol. The third kappa shape index (κ3) is 3.38. The topological polar surface area (TPSA) is 50.2 Å². The van der Waals surface area contributed by atoms with Gasteiger partial charge in [0.25, 0.3) is 0 Å². The number of unbranched alkanes of at least 4 members (excludes halogenated alkanes) is 1. The lowest BCUT2D eigenvalue weighted by molar-refractivity contribution is 0.0696. The number of hydrogen-bond donors (Lipinski definition) is 1. The van der Waals surface area contributed by atoms with Crippen molar-refractivity contribution in [1.82, 2.24) is 4.98 Å². The molecule has 14 heavy (non-hydrogen) atoms. The Balaban J connectivity index is 2.59. The van der Waals surface area contributed by atoms with E-state index in [2.05, 4.69) is 11.9 Å². The summed E-state index contributed by atoms with van der Waals surface area (Å²) in [6, 6.07) is 3.12. The Morgan fingerprint density at radius 1 is 1.64 bits per heavy atom. The molecule has 76 valence electrons. The Labute approximate surface area is 87.6 Å². The Hall–Kier alpha value is -1.03. The van der Waals surface area contributed by atoms with Gasteiger partial charge in [0.1, 0.15) is 0 Å². The van der Waals surface area contributed by atoms with Crippen molar-refractivity contribution in [3.8, 4) is 0 Å². The van der Waals surface area contributed by atoms with Gasteiger partial charge in [-0.2, -0.15) is 0 Å². The summed E-state index contributed by atoms with van der Waals surface area (Å²) in [6.45, 7) is 2.13. The number of carboxylic acid groups (broad SMARTS) is 1. The van der Waals surface area contributed by atoms with Gasteiger partial charge in [0.05, 0.1) is 10.6 Å². The van der Waals surface area contributed by atoms with Crippen molar-refractivity contribution in [1.29, 1.82) is 0 Å². The molecule has 0 amide bonds. The number of rotatable bonds is 5. The van der Waals surface area contributed by atoms with Crippen LogP contribution in [-0.4, -0.2) is 21.8 Å². The zero-order valence-electron chi connectivity index (χ0n) is 8.06. The number of thioether (sulfide) groups is 1. The first-order valence-corrected chi connectivity index (χ1v) is 5.54. The van der Waals surface area contributed by atoms with Crippen LogP contribution in [0, 0.1) is 0 Å². The van der Waals surface area contributed by atoms with Gasteiger partial charge < -0.3 is 5.11 Å². The van der Waals surface area contributed by atoms with E-state index < -0.39 is 5.97 Å². The maximum Gasteiger partial charge on any atom is 0.335 e. The van der Waals surface area contributed by atoms with Crippen LogP contribution in [0.4, 0.5) is 0 Å². The second-order valence-corrected chi connectivity index (χ2v) is 4.01. The molecule has 3 nitrogen and oxygen atoms in total. The van der Waals surface area contributed by atoms with Crippen LogP contribution in [0.15, 0.2) is 23.4 Å². The van der Waals surface area contributed by atoms with Crippen LogP contribution in [0.2, 0.25) is 0 Å². The molecule has 1 heterocycles. The van der Waals surface area contributed by atoms with E-state index in [-0.39, 0.29) is 0 Å². The van der Waals surface area contributed by atoms with Gasteiger partial charge >= 0.3 is 5.97 Å². The predicted octanol–water partition coefficient (Wildman–Crippen LogP) is 2.67. The summed E-state index contributed by atoms with van der Waals surface area (Å²) >= 11 is 1.60. The van der Waals surface area contributed by atoms with Crippen molar-refractivity contribution in [2.45, 2.75) is 24.8 Å². The molecule has 0 aliphatic heterocycles. The van der Waals surface area contributed by atoms with Crippen molar-refractivity contribution in [2.24, 2.45) is 0 Å². The summed E-state index contributed by atoms with van der Waals surface area (Å²) in [6.07, 6.45) is 3.81. The van der Waals surface area contributed by atoms with Gasteiger partial charge in [-0.1, -0.05) is 13.3 Å². The van der Waals surface area contributed by atoms with Crippen LogP contribution in [0.25, 0.3) is 0 Å². The fourth-order valence-corrected chi connectivity index (χ4v) is 1.93. The highest BCUT2D eigenvalue weighted by molar-refractivity contribution is 7.99. The van der Waals surface area contributed by atoms with Gasteiger partial charge in [-0.3, -0.25) is 0 Å². The summed E-state index contributed by atoms with van der Waals surface area (Å²) in [5, 5.41) is 9.53. The minimum Gasteiger partial charge on any atom is -0.478 e. The first-order chi connectivity index (χ1) is 6.74. The molecule has 0 aliphatic rings. The molecule has 0 saturated heterocycles. The molecule has 4 heteroatoms. The zero-order chi connectivity index (χ0) is 10.4. The van der Waals surface area contributed by atoms with Gasteiger partial charge in [0, 0.05) is 6.20 Å².